The summed E-state index contributed by atoms with van der Waals surface area (Å²) in [5.74, 6) is -1.35. The van der Waals surface area contributed by atoms with Crippen LogP contribution in [0.4, 0.5) is 10.1 Å². The summed E-state index contributed by atoms with van der Waals surface area (Å²) < 4.78 is 19.2. The van der Waals surface area contributed by atoms with Gasteiger partial charge in [-0.15, -0.1) is 0 Å². The van der Waals surface area contributed by atoms with Crippen LogP contribution in [0.3, 0.4) is 0 Å². The number of rotatable bonds is 2. The van der Waals surface area contributed by atoms with Crippen LogP contribution in [0.25, 0.3) is 22.3 Å². The van der Waals surface area contributed by atoms with E-state index in [-0.39, 0.29) is 11.3 Å². The third-order valence-electron chi connectivity index (χ3n) is 3.13. The standard InChI is InChI=1S/C15H9BrFNO3/c16-10-5-9-12(6-11(10)18)21-14(13(9)15(19)20)7-1-3-8(17)4-2-7/h1-6H,18H2,(H,19,20). The number of hydrogen-bond donors (Lipinski definition) is 2. The topological polar surface area (TPSA) is 76.5 Å². The van der Waals surface area contributed by atoms with Crippen molar-refractivity contribution in [3.63, 3.8) is 0 Å². The average molecular weight is 350 g/mol. The Hall–Kier alpha value is -2.34. The van der Waals surface area contributed by atoms with Crippen molar-refractivity contribution in [2.75, 3.05) is 5.73 Å². The van der Waals surface area contributed by atoms with Crippen LogP contribution in [0, 0.1) is 5.82 Å². The molecule has 21 heavy (non-hydrogen) atoms. The Morgan fingerprint density at radius 1 is 1.24 bits per heavy atom. The first-order chi connectivity index (χ1) is 9.97. The molecule has 6 heteroatoms. The van der Waals surface area contributed by atoms with Crippen LogP contribution in [0.2, 0.25) is 0 Å². The van der Waals surface area contributed by atoms with E-state index in [9.17, 15) is 14.3 Å². The molecule has 3 aromatic rings. The third kappa shape index (κ3) is 2.27. The maximum Gasteiger partial charge on any atom is 0.340 e. The van der Waals surface area contributed by atoms with Crippen LogP contribution in [-0.4, -0.2) is 11.1 Å². The molecule has 0 spiro atoms. The molecular formula is C15H9BrFNO3. The van der Waals surface area contributed by atoms with E-state index in [2.05, 4.69) is 15.9 Å². The molecule has 0 unspecified atom stereocenters. The number of furan rings is 1. The van der Waals surface area contributed by atoms with Crippen molar-refractivity contribution >= 4 is 38.6 Å². The lowest BCUT2D eigenvalue weighted by Gasteiger charge is -1.99. The molecule has 4 nitrogen and oxygen atoms in total. The Balaban J connectivity index is 2.34. The molecule has 0 atom stereocenters. The van der Waals surface area contributed by atoms with Crippen molar-refractivity contribution in [1.82, 2.24) is 0 Å². The number of carboxylic acids is 1. The monoisotopic (exact) mass is 349 g/mol. The number of anilines is 1. The van der Waals surface area contributed by atoms with Crippen molar-refractivity contribution in [3.05, 3.63) is 52.3 Å². The van der Waals surface area contributed by atoms with E-state index in [4.69, 9.17) is 10.2 Å². The van der Waals surface area contributed by atoms with Gasteiger partial charge in [-0.25, -0.2) is 9.18 Å². The summed E-state index contributed by atoms with van der Waals surface area (Å²) in [6, 6.07) is 8.59. The molecule has 106 valence electrons. The number of hydrogen-bond acceptors (Lipinski definition) is 3. The molecule has 0 aliphatic heterocycles. The lowest BCUT2D eigenvalue weighted by Crippen LogP contribution is -1.97. The molecule has 0 bridgehead atoms. The molecule has 0 radical (unpaired) electrons. The summed E-state index contributed by atoms with van der Waals surface area (Å²) in [4.78, 5) is 11.6. The molecule has 0 saturated carbocycles. The van der Waals surface area contributed by atoms with E-state index in [0.29, 0.717) is 26.7 Å². The second-order valence-electron chi connectivity index (χ2n) is 4.49. The number of aromatic carboxylic acids is 1. The quantitative estimate of drug-likeness (QED) is 0.677. The highest BCUT2D eigenvalue weighted by molar-refractivity contribution is 9.10. The van der Waals surface area contributed by atoms with Gasteiger partial charge >= 0.3 is 5.97 Å². The van der Waals surface area contributed by atoms with Crippen LogP contribution >= 0.6 is 15.9 Å². The molecule has 0 aliphatic rings. The van der Waals surface area contributed by atoms with Gasteiger partial charge in [-0.2, -0.15) is 0 Å². The smallest absolute Gasteiger partial charge is 0.340 e. The van der Waals surface area contributed by atoms with E-state index < -0.39 is 11.8 Å². The molecule has 3 N–H and O–H groups in total. The fourth-order valence-electron chi connectivity index (χ4n) is 2.15. The number of nitrogen functional groups attached to an aromatic ring is 1. The van der Waals surface area contributed by atoms with Crippen LogP contribution in [0.5, 0.6) is 0 Å². The SMILES string of the molecule is Nc1cc2oc(-c3ccc(F)cc3)c(C(=O)O)c2cc1Br. The number of carbonyl (C=O) groups is 1. The highest BCUT2D eigenvalue weighted by atomic mass is 79.9. The van der Waals surface area contributed by atoms with Crippen molar-refractivity contribution in [1.29, 1.82) is 0 Å². The summed E-state index contributed by atoms with van der Waals surface area (Å²) in [6.07, 6.45) is 0. The van der Waals surface area contributed by atoms with Gasteiger partial charge in [0.05, 0.1) is 0 Å². The van der Waals surface area contributed by atoms with Gasteiger partial charge in [-0.1, -0.05) is 0 Å². The van der Waals surface area contributed by atoms with E-state index in [0.717, 1.165) is 0 Å². The van der Waals surface area contributed by atoms with Gasteiger partial charge in [0.1, 0.15) is 22.7 Å². The van der Waals surface area contributed by atoms with Gasteiger partial charge in [0.2, 0.25) is 0 Å². The molecule has 0 amide bonds. The Kier molecular flexibility index (Phi) is 3.17. The lowest BCUT2D eigenvalue weighted by molar-refractivity contribution is 0.0699. The lowest BCUT2D eigenvalue weighted by atomic mass is 10.1. The molecule has 0 aliphatic carbocycles. The summed E-state index contributed by atoms with van der Waals surface area (Å²) in [5, 5.41) is 9.88. The summed E-state index contributed by atoms with van der Waals surface area (Å²) in [7, 11) is 0. The summed E-state index contributed by atoms with van der Waals surface area (Å²) in [6.45, 7) is 0. The Morgan fingerprint density at radius 2 is 1.90 bits per heavy atom. The van der Waals surface area contributed by atoms with E-state index in [1.165, 1.54) is 24.3 Å². The fourth-order valence-corrected chi connectivity index (χ4v) is 2.49. The van der Waals surface area contributed by atoms with Gasteiger partial charge in [-0.05, 0) is 46.3 Å². The number of halogens is 2. The van der Waals surface area contributed by atoms with Crippen LogP contribution in [0.1, 0.15) is 10.4 Å². The van der Waals surface area contributed by atoms with Gasteiger partial charge < -0.3 is 15.3 Å². The van der Waals surface area contributed by atoms with Crippen LogP contribution in [0.15, 0.2) is 45.3 Å². The minimum Gasteiger partial charge on any atom is -0.478 e. The normalized spacial score (nSPS) is 11.0. The van der Waals surface area contributed by atoms with Crippen molar-refractivity contribution in [3.8, 4) is 11.3 Å². The fraction of sp³-hybridized carbons (Fsp3) is 0. The Bertz CT molecular complexity index is 855. The number of carboxylic acid groups (broad SMARTS) is 1. The Labute approximate surface area is 127 Å². The summed E-state index contributed by atoms with van der Waals surface area (Å²) in [5.41, 5.74) is 7.10. The first kappa shape index (κ1) is 13.6. The van der Waals surface area contributed by atoms with Gasteiger partial charge in [0.15, 0.2) is 0 Å². The second kappa shape index (κ2) is 4.89. The van der Waals surface area contributed by atoms with E-state index >= 15 is 0 Å². The predicted octanol–water partition coefficient (Wildman–Crippen LogP) is 4.28. The highest BCUT2D eigenvalue weighted by Gasteiger charge is 2.22. The summed E-state index contributed by atoms with van der Waals surface area (Å²) >= 11 is 3.27. The molecule has 0 fully saturated rings. The molecule has 1 heterocycles. The maximum absolute atomic E-state index is 13.0. The molecule has 0 saturated heterocycles. The molecule has 3 rings (SSSR count). The first-order valence-corrected chi connectivity index (χ1v) is 6.77. The minimum atomic E-state index is -1.12. The Morgan fingerprint density at radius 3 is 2.52 bits per heavy atom. The first-order valence-electron chi connectivity index (χ1n) is 5.98. The van der Waals surface area contributed by atoms with Crippen LogP contribution in [-0.2, 0) is 0 Å². The van der Waals surface area contributed by atoms with Crippen molar-refractivity contribution in [2.24, 2.45) is 0 Å². The second-order valence-corrected chi connectivity index (χ2v) is 5.34. The highest BCUT2D eigenvalue weighted by Crippen LogP contribution is 2.37. The predicted molar refractivity (Wildman–Crippen MR) is 80.7 cm³/mol. The maximum atomic E-state index is 13.0. The zero-order chi connectivity index (χ0) is 15.1. The van der Waals surface area contributed by atoms with Crippen molar-refractivity contribution in [2.45, 2.75) is 0 Å². The minimum absolute atomic E-state index is 0.0253. The largest absolute Gasteiger partial charge is 0.478 e. The zero-order valence-corrected chi connectivity index (χ0v) is 12.1. The number of fused-ring (bicyclic) bond motifs is 1. The van der Waals surface area contributed by atoms with Gasteiger partial charge in [-0.3, -0.25) is 0 Å². The average Bonchev–Trinajstić information content (AvgIpc) is 2.78. The van der Waals surface area contributed by atoms with Gasteiger partial charge in [0, 0.05) is 27.2 Å². The number of nitrogens with two attached hydrogens (primary N) is 1. The number of benzene rings is 2. The molecule has 1 aromatic heterocycles. The third-order valence-corrected chi connectivity index (χ3v) is 3.81. The zero-order valence-electron chi connectivity index (χ0n) is 10.6. The van der Waals surface area contributed by atoms with E-state index in [1.807, 2.05) is 0 Å². The van der Waals surface area contributed by atoms with E-state index in [1.54, 1.807) is 12.1 Å². The molecular weight excluding hydrogens is 341 g/mol. The van der Waals surface area contributed by atoms with Crippen LogP contribution < -0.4 is 5.73 Å². The van der Waals surface area contributed by atoms with Gasteiger partial charge in [0.25, 0.3) is 0 Å². The van der Waals surface area contributed by atoms with Crippen molar-refractivity contribution < 1.29 is 18.7 Å². The molecule has 2 aromatic carbocycles.